The van der Waals surface area contributed by atoms with Crippen LogP contribution in [0.3, 0.4) is 0 Å². The molecule has 0 aromatic heterocycles. The van der Waals surface area contributed by atoms with Crippen LogP contribution in [-0.4, -0.2) is 20.3 Å². The van der Waals surface area contributed by atoms with E-state index >= 15 is 0 Å². The molecule has 0 bridgehead atoms. The van der Waals surface area contributed by atoms with Gasteiger partial charge in [0.15, 0.2) is 11.5 Å². The molecule has 102 valence electrons. The number of hydrogen-bond donors (Lipinski definition) is 1. The second kappa shape index (κ2) is 7.27. The molecule has 18 heavy (non-hydrogen) atoms. The Bertz CT molecular complexity index is 366. The Morgan fingerprint density at radius 1 is 1.17 bits per heavy atom. The van der Waals surface area contributed by atoms with E-state index in [1.807, 2.05) is 12.1 Å². The zero-order chi connectivity index (χ0) is 13.5. The predicted molar refractivity (Wildman–Crippen MR) is 75.3 cm³/mol. The first-order valence-corrected chi connectivity index (χ1v) is 6.57. The number of nitrogens with two attached hydrogens (primary N) is 1. The lowest BCUT2D eigenvalue weighted by Gasteiger charge is -2.17. The number of benzene rings is 1. The Labute approximate surface area is 110 Å². The highest BCUT2D eigenvalue weighted by atomic mass is 16.5. The molecule has 0 heterocycles. The molecule has 0 spiro atoms. The van der Waals surface area contributed by atoms with Crippen molar-refractivity contribution >= 4 is 0 Å². The topological polar surface area (TPSA) is 44.5 Å². The zero-order valence-electron chi connectivity index (χ0n) is 11.9. The predicted octanol–water partition coefficient (Wildman–Crippen LogP) is 3.01. The minimum absolute atomic E-state index is 0.207. The molecular formula is C15H25NO2. The Hall–Kier alpha value is -1.22. The van der Waals surface area contributed by atoms with E-state index in [0.717, 1.165) is 24.3 Å². The monoisotopic (exact) mass is 251 g/mol. The quantitative estimate of drug-likeness (QED) is 0.810. The van der Waals surface area contributed by atoms with E-state index in [-0.39, 0.29) is 6.04 Å². The summed E-state index contributed by atoms with van der Waals surface area (Å²) in [5.41, 5.74) is 7.37. The van der Waals surface area contributed by atoms with E-state index < -0.39 is 0 Å². The molecule has 0 amide bonds. The van der Waals surface area contributed by atoms with Crippen molar-refractivity contribution < 1.29 is 9.47 Å². The minimum Gasteiger partial charge on any atom is -0.493 e. The smallest absolute Gasteiger partial charge is 0.160 e. The van der Waals surface area contributed by atoms with Crippen molar-refractivity contribution in [2.45, 2.75) is 39.2 Å². The van der Waals surface area contributed by atoms with Gasteiger partial charge in [0.2, 0.25) is 0 Å². The van der Waals surface area contributed by atoms with Gasteiger partial charge in [0.05, 0.1) is 14.2 Å². The Balaban J connectivity index is 2.67. The van der Waals surface area contributed by atoms with Crippen LogP contribution in [0, 0.1) is 5.92 Å². The summed E-state index contributed by atoms with van der Waals surface area (Å²) in [6.45, 7) is 4.45. The normalized spacial score (nSPS) is 14.1. The Morgan fingerprint density at radius 3 is 2.39 bits per heavy atom. The van der Waals surface area contributed by atoms with E-state index in [4.69, 9.17) is 15.2 Å². The van der Waals surface area contributed by atoms with Gasteiger partial charge in [-0.05, 0) is 36.5 Å². The summed E-state index contributed by atoms with van der Waals surface area (Å²) < 4.78 is 10.5. The van der Waals surface area contributed by atoms with Gasteiger partial charge in [-0.25, -0.2) is 0 Å². The third-order valence-corrected chi connectivity index (χ3v) is 3.35. The number of methoxy groups -OCH3 is 2. The summed E-state index contributed by atoms with van der Waals surface area (Å²) in [4.78, 5) is 0. The first kappa shape index (κ1) is 14.8. The fraction of sp³-hybridized carbons (Fsp3) is 0.600. The van der Waals surface area contributed by atoms with Crippen molar-refractivity contribution in [1.82, 2.24) is 0 Å². The largest absolute Gasteiger partial charge is 0.493 e. The van der Waals surface area contributed by atoms with Gasteiger partial charge in [-0.2, -0.15) is 0 Å². The van der Waals surface area contributed by atoms with Crippen LogP contribution >= 0.6 is 0 Å². The van der Waals surface area contributed by atoms with Gasteiger partial charge in [-0.15, -0.1) is 0 Å². The third kappa shape index (κ3) is 4.22. The molecule has 2 N–H and O–H groups in total. The summed E-state index contributed by atoms with van der Waals surface area (Å²) in [5.74, 6) is 2.21. The van der Waals surface area contributed by atoms with Crippen molar-refractivity contribution in [3.8, 4) is 11.5 Å². The molecular weight excluding hydrogens is 226 g/mol. The molecule has 0 aliphatic rings. The van der Waals surface area contributed by atoms with Gasteiger partial charge in [0, 0.05) is 6.04 Å². The lowest BCUT2D eigenvalue weighted by molar-refractivity contribution is 0.354. The molecule has 1 rings (SSSR count). The SMILES string of the molecule is CCC(C)CC(N)Cc1ccc(OC)c(OC)c1. The van der Waals surface area contributed by atoms with Gasteiger partial charge in [0.25, 0.3) is 0 Å². The average molecular weight is 251 g/mol. The van der Waals surface area contributed by atoms with E-state index in [0.29, 0.717) is 5.92 Å². The molecule has 2 unspecified atom stereocenters. The number of rotatable bonds is 7. The maximum absolute atomic E-state index is 6.17. The Morgan fingerprint density at radius 2 is 1.83 bits per heavy atom. The molecule has 0 saturated carbocycles. The maximum Gasteiger partial charge on any atom is 0.160 e. The zero-order valence-corrected chi connectivity index (χ0v) is 11.9. The second-order valence-corrected chi connectivity index (χ2v) is 4.90. The molecule has 0 aliphatic heterocycles. The summed E-state index contributed by atoms with van der Waals surface area (Å²) >= 11 is 0. The van der Waals surface area contributed by atoms with Crippen LogP contribution < -0.4 is 15.2 Å². The van der Waals surface area contributed by atoms with E-state index in [2.05, 4.69) is 19.9 Å². The van der Waals surface area contributed by atoms with Crippen molar-refractivity contribution in [2.75, 3.05) is 14.2 Å². The molecule has 3 nitrogen and oxygen atoms in total. The van der Waals surface area contributed by atoms with E-state index in [1.165, 1.54) is 12.0 Å². The summed E-state index contributed by atoms with van der Waals surface area (Å²) in [6.07, 6.45) is 3.12. The molecule has 2 atom stereocenters. The van der Waals surface area contributed by atoms with E-state index in [9.17, 15) is 0 Å². The third-order valence-electron chi connectivity index (χ3n) is 3.35. The van der Waals surface area contributed by atoms with Crippen molar-refractivity contribution in [1.29, 1.82) is 0 Å². The van der Waals surface area contributed by atoms with Gasteiger partial charge >= 0.3 is 0 Å². The maximum atomic E-state index is 6.17. The van der Waals surface area contributed by atoms with Crippen molar-refractivity contribution in [2.24, 2.45) is 11.7 Å². The summed E-state index contributed by atoms with van der Waals surface area (Å²) in [7, 11) is 3.30. The fourth-order valence-electron chi connectivity index (χ4n) is 2.08. The van der Waals surface area contributed by atoms with Crippen LogP contribution in [0.25, 0.3) is 0 Å². The number of hydrogen-bond acceptors (Lipinski definition) is 3. The van der Waals surface area contributed by atoms with Crippen LogP contribution in [0.15, 0.2) is 18.2 Å². The molecule has 1 aromatic rings. The highest BCUT2D eigenvalue weighted by Gasteiger charge is 2.10. The van der Waals surface area contributed by atoms with Crippen molar-refractivity contribution in [3.63, 3.8) is 0 Å². The number of ether oxygens (including phenoxy) is 2. The van der Waals surface area contributed by atoms with Gasteiger partial charge < -0.3 is 15.2 Å². The van der Waals surface area contributed by atoms with Crippen LogP contribution in [0.5, 0.6) is 11.5 Å². The molecule has 0 saturated heterocycles. The highest BCUT2D eigenvalue weighted by Crippen LogP contribution is 2.28. The standard InChI is InChI=1S/C15H25NO2/c1-5-11(2)8-13(16)9-12-6-7-14(17-3)15(10-12)18-4/h6-7,10-11,13H,5,8-9,16H2,1-4H3. The Kier molecular flexibility index (Phi) is 5.99. The molecule has 3 heteroatoms. The van der Waals surface area contributed by atoms with Gasteiger partial charge in [0.1, 0.15) is 0 Å². The van der Waals surface area contributed by atoms with Crippen LogP contribution in [0.2, 0.25) is 0 Å². The molecule has 0 fully saturated rings. The molecule has 1 aromatic carbocycles. The van der Waals surface area contributed by atoms with Crippen molar-refractivity contribution in [3.05, 3.63) is 23.8 Å². The lowest BCUT2D eigenvalue weighted by atomic mass is 9.95. The fourth-order valence-corrected chi connectivity index (χ4v) is 2.08. The molecule has 0 aliphatic carbocycles. The first-order chi connectivity index (χ1) is 8.60. The van der Waals surface area contributed by atoms with Crippen LogP contribution in [-0.2, 0) is 6.42 Å². The molecule has 0 radical (unpaired) electrons. The lowest BCUT2D eigenvalue weighted by Crippen LogP contribution is -2.25. The first-order valence-electron chi connectivity index (χ1n) is 6.57. The summed E-state index contributed by atoms with van der Waals surface area (Å²) in [5, 5.41) is 0. The summed E-state index contributed by atoms with van der Waals surface area (Å²) in [6, 6.07) is 6.20. The van der Waals surface area contributed by atoms with Gasteiger partial charge in [-0.3, -0.25) is 0 Å². The van der Waals surface area contributed by atoms with Crippen LogP contribution in [0.4, 0.5) is 0 Å². The van der Waals surface area contributed by atoms with E-state index in [1.54, 1.807) is 14.2 Å². The highest BCUT2D eigenvalue weighted by molar-refractivity contribution is 5.43. The van der Waals surface area contributed by atoms with Crippen LogP contribution in [0.1, 0.15) is 32.3 Å². The average Bonchev–Trinajstić information content (AvgIpc) is 2.38. The van der Waals surface area contributed by atoms with Gasteiger partial charge in [-0.1, -0.05) is 26.3 Å². The second-order valence-electron chi connectivity index (χ2n) is 4.90. The minimum atomic E-state index is 0.207.